The molecule has 2 aromatic carbocycles. The summed E-state index contributed by atoms with van der Waals surface area (Å²) in [6.45, 7) is 3.57. The van der Waals surface area contributed by atoms with E-state index in [1.165, 1.54) is 0 Å². The number of hydrogen-bond acceptors (Lipinski definition) is 3. The number of rotatable bonds is 4. The minimum absolute atomic E-state index is 0.00662. The minimum Gasteiger partial charge on any atom is -0.321 e. The summed E-state index contributed by atoms with van der Waals surface area (Å²) in [6.07, 6.45) is 1.80. The highest BCUT2D eigenvalue weighted by Crippen LogP contribution is 2.35. The first kappa shape index (κ1) is 16.3. The number of benzene rings is 2. The van der Waals surface area contributed by atoms with Gasteiger partial charge in [-0.05, 0) is 43.7 Å². The molecule has 1 amide bonds. The second-order valence-corrected chi connectivity index (χ2v) is 7.70. The molecule has 2 N–H and O–H groups in total. The molecule has 1 aliphatic heterocycles. The van der Waals surface area contributed by atoms with Crippen LogP contribution in [0.1, 0.15) is 23.6 Å². The lowest BCUT2D eigenvalue weighted by atomic mass is 10.0. The van der Waals surface area contributed by atoms with E-state index >= 15 is 0 Å². The average molecular weight is 342 g/mol. The average Bonchev–Trinajstić information content (AvgIpc) is 2.85. The first-order chi connectivity index (χ1) is 11.4. The van der Waals surface area contributed by atoms with Crippen LogP contribution in [-0.2, 0) is 14.8 Å². The third kappa shape index (κ3) is 3.33. The lowest BCUT2D eigenvalue weighted by Gasteiger charge is -2.07. The molecule has 124 valence electrons. The Labute approximate surface area is 141 Å². The Hall–Kier alpha value is -2.60. The van der Waals surface area contributed by atoms with Crippen molar-refractivity contribution in [2.45, 2.75) is 13.8 Å². The molecule has 0 atom stereocenters. The van der Waals surface area contributed by atoms with Crippen molar-refractivity contribution < 1.29 is 13.2 Å². The molecule has 24 heavy (non-hydrogen) atoms. The van der Waals surface area contributed by atoms with Gasteiger partial charge in [-0.2, -0.15) is 0 Å². The topological polar surface area (TPSA) is 75.3 Å². The Kier molecular flexibility index (Phi) is 4.15. The molecule has 0 radical (unpaired) electrons. The van der Waals surface area contributed by atoms with Crippen LogP contribution < -0.4 is 10.0 Å². The van der Waals surface area contributed by atoms with Gasteiger partial charge in [0.25, 0.3) is 5.91 Å². The molecule has 5 nitrogen and oxygen atoms in total. The van der Waals surface area contributed by atoms with Gasteiger partial charge in [0.15, 0.2) is 0 Å². The van der Waals surface area contributed by atoms with Crippen LogP contribution in [0.25, 0.3) is 11.6 Å². The van der Waals surface area contributed by atoms with Crippen LogP contribution in [0, 0.1) is 6.92 Å². The molecule has 1 aliphatic rings. The van der Waals surface area contributed by atoms with E-state index in [1.54, 1.807) is 31.2 Å². The van der Waals surface area contributed by atoms with E-state index in [2.05, 4.69) is 10.0 Å². The number of carbonyl (C=O) groups is 1. The van der Waals surface area contributed by atoms with Gasteiger partial charge < -0.3 is 5.32 Å². The Morgan fingerprint density at radius 2 is 1.83 bits per heavy atom. The Balaban J connectivity index is 2.00. The van der Waals surface area contributed by atoms with Crippen LogP contribution in [0.15, 0.2) is 42.5 Å². The molecule has 0 spiro atoms. The van der Waals surface area contributed by atoms with Crippen molar-refractivity contribution in [2.24, 2.45) is 0 Å². The number of carbonyl (C=O) groups excluding carboxylic acids is 1. The molecule has 0 fully saturated rings. The van der Waals surface area contributed by atoms with Crippen LogP contribution in [0.3, 0.4) is 0 Å². The zero-order valence-corrected chi connectivity index (χ0v) is 14.3. The zero-order chi connectivity index (χ0) is 17.3. The van der Waals surface area contributed by atoms with Crippen molar-refractivity contribution in [3.8, 4) is 0 Å². The SMILES string of the molecule is CCS(=O)(=O)Nc1ccc2c(c1)C(=Cc1ccc(C)cc1)C(=O)N2. The fourth-order valence-electron chi connectivity index (χ4n) is 2.48. The summed E-state index contributed by atoms with van der Waals surface area (Å²) in [5, 5.41) is 2.80. The number of fused-ring (bicyclic) bond motifs is 1. The van der Waals surface area contributed by atoms with E-state index < -0.39 is 10.0 Å². The maximum absolute atomic E-state index is 12.2. The van der Waals surface area contributed by atoms with E-state index in [-0.39, 0.29) is 11.7 Å². The molecule has 3 rings (SSSR count). The predicted octanol–water partition coefficient (Wildman–Crippen LogP) is 3.25. The van der Waals surface area contributed by atoms with Crippen LogP contribution in [-0.4, -0.2) is 20.1 Å². The highest BCUT2D eigenvalue weighted by Gasteiger charge is 2.24. The smallest absolute Gasteiger partial charge is 0.256 e. The van der Waals surface area contributed by atoms with E-state index in [9.17, 15) is 13.2 Å². The standard InChI is InChI=1S/C18H18N2O3S/c1-3-24(22,23)20-14-8-9-17-15(11-14)16(18(21)19-17)10-13-6-4-12(2)5-7-13/h4-11,20H,3H2,1-2H3,(H,19,21). The Bertz CT molecular complexity index is 929. The molecule has 0 unspecified atom stereocenters. The van der Waals surface area contributed by atoms with Crippen molar-refractivity contribution in [2.75, 3.05) is 15.8 Å². The Morgan fingerprint density at radius 3 is 2.50 bits per heavy atom. The lowest BCUT2D eigenvalue weighted by Crippen LogP contribution is -2.14. The molecule has 0 saturated heterocycles. The van der Waals surface area contributed by atoms with E-state index in [0.29, 0.717) is 22.5 Å². The molecule has 2 aromatic rings. The monoisotopic (exact) mass is 342 g/mol. The Morgan fingerprint density at radius 1 is 1.12 bits per heavy atom. The number of nitrogens with one attached hydrogen (secondary N) is 2. The third-order valence-electron chi connectivity index (χ3n) is 3.84. The fraction of sp³-hybridized carbons (Fsp3) is 0.167. The highest BCUT2D eigenvalue weighted by molar-refractivity contribution is 7.92. The van der Waals surface area contributed by atoms with E-state index in [1.807, 2.05) is 31.2 Å². The number of sulfonamides is 1. The van der Waals surface area contributed by atoms with Crippen LogP contribution in [0.2, 0.25) is 0 Å². The van der Waals surface area contributed by atoms with Crippen LogP contribution in [0.5, 0.6) is 0 Å². The lowest BCUT2D eigenvalue weighted by molar-refractivity contribution is -0.110. The predicted molar refractivity (Wildman–Crippen MR) is 97.2 cm³/mol. The van der Waals surface area contributed by atoms with Gasteiger partial charge in [-0.3, -0.25) is 9.52 Å². The van der Waals surface area contributed by atoms with Gasteiger partial charge >= 0.3 is 0 Å². The van der Waals surface area contributed by atoms with Crippen molar-refractivity contribution in [3.05, 3.63) is 59.2 Å². The molecule has 1 heterocycles. The van der Waals surface area contributed by atoms with E-state index in [0.717, 1.165) is 11.1 Å². The molecule has 0 saturated carbocycles. The maximum atomic E-state index is 12.2. The summed E-state index contributed by atoms with van der Waals surface area (Å²) in [5.41, 5.74) is 4.39. The summed E-state index contributed by atoms with van der Waals surface area (Å²) in [4.78, 5) is 12.2. The van der Waals surface area contributed by atoms with Gasteiger partial charge in [-0.25, -0.2) is 8.42 Å². The number of hydrogen-bond donors (Lipinski definition) is 2. The van der Waals surface area contributed by atoms with Gasteiger partial charge in [-0.1, -0.05) is 29.8 Å². The maximum Gasteiger partial charge on any atom is 0.256 e. The van der Waals surface area contributed by atoms with Gasteiger partial charge in [0.2, 0.25) is 10.0 Å². The van der Waals surface area contributed by atoms with Gasteiger partial charge in [0.05, 0.1) is 5.75 Å². The molecule has 0 aromatic heterocycles. The second-order valence-electron chi connectivity index (χ2n) is 5.69. The van der Waals surface area contributed by atoms with E-state index in [4.69, 9.17) is 0 Å². The molecule has 0 aliphatic carbocycles. The minimum atomic E-state index is -3.36. The largest absolute Gasteiger partial charge is 0.321 e. The number of amides is 1. The fourth-order valence-corrected chi connectivity index (χ4v) is 3.11. The van der Waals surface area contributed by atoms with Crippen LogP contribution >= 0.6 is 0 Å². The zero-order valence-electron chi connectivity index (χ0n) is 13.5. The molecular weight excluding hydrogens is 324 g/mol. The van der Waals surface area contributed by atoms with Crippen molar-refractivity contribution in [1.82, 2.24) is 0 Å². The second kappa shape index (κ2) is 6.13. The summed E-state index contributed by atoms with van der Waals surface area (Å²) in [6, 6.07) is 12.9. The number of aryl methyl sites for hydroxylation is 1. The molecule has 6 heteroatoms. The normalized spacial score (nSPS) is 15.2. The first-order valence-corrected chi connectivity index (χ1v) is 9.28. The van der Waals surface area contributed by atoms with Gasteiger partial charge in [0.1, 0.15) is 0 Å². The first-order valence-electron chi connectivity index (χ1n) is 7.62. The van der Waals surface area contributed by atoms with Gasteiger partial charge in [-0.15, -0.1) is 0 Å². The summed E-state index contributed by atoms with van der Waals surface area (Å²) in [7, 11) is -3.36. The summed E-state index contributed by atoms with van der Waals surface area (Å²) < 4.78 is 26.0. The molecule has 0 bridgehead atoms. The summed E-state index contributed by atoms with van der Waals surface area (Å²) in [5.74, 6) is -0.200. The van der Waals surface area contributed by atoms with Gasteiger partial charge in [0, 0.05) is 22.5 Å². The quantitative estimate of drug-likeness (QED) is 0.838. The third-order valence-corrected chi connectivity index (χ3v) is 5.15. The van der Waals surface area contributed by atoms with Crippen molar-refractivity contribution in [1.29, 1.82) is 0 Å². The highest BCUT2D eigenvalue weighted by atomic mass is 32.2. The van der Waals surface area contributed by atoms with Crippen molar-refractivity contribution >= 4 is 39.0 Å². The molecular formula is C18H18N2O3S. The summed E-state index contributed by atoms with van der Waals surface area (Å²) >= 11 is 0. The van der Waals surface area contributed by atoms with Crippen LogP contribution in [0.4, 0.5) is 11.4 Å². The van der Waals surface area contributed by atoms with Crippen molar-refractivity contribution in [3.63, 3.8) is 0 Å². The number of anilines is 2.